The van der Waals surface area contributed by atoms with Gasteiger partial charge in [0, 0.05) is 29.9 Å². The first kappa shape index (κ1) is 12.7. The van der Waals surface area contributed by atoms with Gasteiger partial charge in [0.25, 0.3) is 0 Å². The van der Waals surface area contributed by atoms with Crippen molar-refractivity contribution in [1.82, 2.24) is 10.2 Å². The number of thioether (sulfide) groups is 1. The third kappa shape index (κ3) is 2.57. The molecule has 1 saturated heterocycles. The summed E-state index contributed by atoms with van der Waals surface area (Å²) in [5.74, 6) is 0. The van der Waals surface area contributed by atoms with Crippen LogP contribution in [0.4, 0.5) is 0 Å². The fourth-order valence-corrected chi connectivity index (χ4v) is 4.51. The molecule has 0 spiro atoms. The van der Waals surface area contributed by atoms with Gasteiger partial charge >= 0.3 is 0 Å². The van der Waals surface area contributed by atoms with E-state index in [1.165, 1.54) is 38.6 Å². The molecule has 2 fully saturated rings. The van der Waals surface area contributed by atoms with E-state index in [4.69, 9.17) is 0 Å². The summed E-state index contributed by atoms with van der Waals surface area (Å²) in [5.41, 5.74) is 0. The number of hydrogen-bond donors (Lipinski definition) is 1. The summed E-state index contributed by atoms with van der Waals surface area (Å²) >= 11 is 2.09. The van der Waals surface area contributed by atoms with Crippen molar-refractivity contribution in [3.63, 3.8) is 0 Å². The maximum absolute atomic E-state index is 3.44. The minimum absolute atomic E-state index is 0.750. The van der Waals surface area contributed by atoms with E-state index >= 15 is 0 Å². The first-order valence-corrected chi connectivity index (χ1v) is 8.01. The van der Waals surface area contributed by atoms with Gasteiger partial charge in [-0.1, -0.05) is 6.42 Å². The zero-order chi connectivity index (χ0) is 11.5. The maximum Gasteiger partial charge on any atom is 0.0217 e. The van der Waals surface area contributed by atoms with Gasteiger partial charge in [-0.15, -0.1) is 0 Å². The van der Waals surface area contributed by atoms with Gasteiger partial charge in [-0.2, -0.15) is 11.8 Å². The Morgan fingerprint density at radius 2 is 2.06 bits per heavy atom. The number of nitrogens with one attached hydrogen (secondary N) is 1. The molecule has 1 heterocycles. The van der Waals surface area contributed by atoms with E-state index in [0.29, 0.717) is 0 Å². The largest absolute Gasteiger partial charge is 0.317 e. The summed E-state index contributed by atoms with van der Waals surface area (Å²) in [5, 5.41) is 4.34. The van der Waals surface area contributed by atoms with E-state index in [9.17, 15) is 0 Å². The number of rotatable bonds is 3. The van der Waals surface area contributed by atoms with Crippen molar-refractivity contribution in [2.75, 3.05) is 19.8 Å². The van der Waals surface area contributed by atoms with Crippen molar-refractivity contribution in [2.24, 2.45) is 0 Å². The van der Waals surface area contributed by atoms with Crippen LogP contribution in [0.3, 0.4) is 0 Å². The third-order valence-electron chi connectivity index (χ3n) is 4.48. The van der Waals surface area contributed by atoms with E-state index in [-0.39, 0.29) is 0 Å². The first-order valence-electron chi connectivity index (χ1n) is 6.72. The predicted molar refractivity (Wildman–Crippen MR) is 73.2 cm³/mol. The predicted octanol–water partition coefficient (Wildman–Crippen LogP) is 2.34. The highest BCUT2D eigenvalue weighted by Gasteiger charge is 2.36. The standard InChI is InChI=1S/C13H26N2S/c1-10-9-11(14-2)7-8-15(10)12-5-4-6-13(12)16-3/h10-14H,4-9H2,1-3H3. The van der Waals surface area contributed by atoms with Crippen LogP contribution in [0.1, 0.15) is 39.0 Å². The second kappa shape index (κ2) is 5.74. The summed E-state index contributed by atoms with van der Waals surface area (Å²) in [7, 11) is 2.10. The van der Waals surface area contributed by atoms with Gasteiger partial charge in [0.1, 0.15) is 0 Å². The molecule has 0 aromatic carbocycles. The van der Waals surface area contributed by atoms with Crippen molar-refractivity contribution in [2.45, 2.75) is 62.4 Å². The van der Waals surface area contributed by atoms with Crippen molar-refractivity contribution in [3.8, 4) is 0 Å². The molecule has 0 amide bonds. The Balaban J connectivity index is 1.94. The smallest absolute Gasteiger partial charge is 0.0217 e. The SMILES string of the molecule is CNC1CCN(C2CCCC2SC)C(C)C1. The Morgan fingerprint density at radius 1 is 1.25 bits per heavy atom. The molecule has 1 aliphatic carbocycles. The zero-order valence-electron chi connectivity index (χ0n) is 10.9. The van der Waals surface area contributed by atoms with Crippen LogP contribution in [0.2, 0.25) is 0 Å². The van der Waals surface area contributed by atoms with Gasteiger partial charge in [-0.25, -0.2) is 0 Å². The van der Waals surface area contributed by atoms with Gasteiger partial charge < -0.3 is 5.32 Å². The molecular formula is C13H26N2S. The van der Waals surface area contributed by atoms with E-state index in [0.717, 1.165) is 23.4 Å². The molecule has 1 saturated carbocycles. The van der Waals surface area contributed by atoms with Crippen LogP contribution in [0.15, 0.2) is 0 Å². The Labute approximate surface area is 105 Å². The number of likely N-dealkylation sites (tertiary alicyclic amines) is 1. The molecule has 4 unspecified atom stereocenters. The lowest BCUT2D eigenvalue weighted by atomic mass is 9.96. The van der Waals surface area contributed by atoms with Crippen LogP contribution >= 0.6 is 11.8 Å². The second-order valence-electron chi connectivity index (χ2n) is 5.37. The van der Waals surface area contributed by atoms with Gasteiger partial charge in [-0.05, 0) is 45.9 Å². The molecule has 0 aromatic rings. The Bertz CT molecular complexity index is 222. The van der Waals surface area contributed by atoms with Crippen LogP contribution in [0.5, 0.6) is 0 Å². The molecule has 2 aliphatic rings. The first-order chi connectivity index (χ1) is 7.76. The van der Waals surface area contributed by atoms with Crippen molar-refractivity contribution in [1.29, 1.82) is 0 Å². The van der Waals surface area contributed by atoms with Crippen LogP contribution in [0, 0.1) is 0 Å². The average Bonchev–Trinajstić information content (AvgIpc) is 2.76. The minimum atomic E-state index is 0.750. The number of nitrogens with zero attached hydrogens (tertiary/aromatic N) is 1. The normalized spacial score (nSPS) is 41.4. The van der Waals surface area contributed by atoms with Crippen LogP contribution in [0.25, 0.3) is 0 Å². The molecular weight excluding hydrogens is 216 g/mol. The fourth-order valence-electron chi connectivity index (χ4n) is 3.51. The topological polar surface area (TPSA) is 15.3 Å². The fraction of sp³-hybridized carbons (Fsp3) is 1.00. The Hall–Kier alpha value is 0.270. The van der Waals surface area contributed by atoms with E-state index in [1.54, 1.807) is 0 Å². The van der Waals surface area contributed by atoms with Gasteiger partial charge in [0.15, 0.2) is 0 Å². The Morgan fingerprint density at radius 3 is 2.69 bits per heavy atom. The summed E-state index contributed by atoms with van der Waals surface area (Å²) < 4.78 is 0. The molecule has 0 aromatic heterocycles. The quantitative estimate of drug-likeness (QED) is 0.818. The average molecular weight is 242 g/mol. The molecule has 2 nitrogen and oxygen atoms in total. The molecule has 0 radical (unpaired) electrons. The maximum atomic E-state index is 3.44. The zero-order valence-corrected chi connectivity index (χ0v) is 11.7. The van der Waals surface area contributed by atoms with E-state index in [1.807, 2.05) is 0 Å². The highest BCUT2D eigenvalue weighted by molar-refractivity contribution is 7.99. The second-order valence-corrected chi connectivity index (χ2v) is 6.45. The highest BCUT2D eigenvalue weighted by atomic mass is 32.2. The molecule has 4 atom stereocenters. The monoisotopic (exact) mass is 242 g/mol. The number of piperidine rings is 1. The molecule has 1 N–H and O–H groups in total. The minimum Gasteiger partial charge on any atom is -0.317 e. The molecule has 94 valence electrons. The van der Waals surface area contributed by atoms with Crippen molar-refractivity contribution >= 4 is 11.8 Å². The van der Waals surface area contributed by atoms with Crippen LogP contribution in [-0.4, -0.2) is 48.1 Å². The van der Waals surface area contributed by atoms with E-state index < -0.39 is 0 Å². The van der Waals surface area contributed by atoms with Gasteiger partial charge in [0.2, 0.25) is 0 Å². The van der Waals surface area contributed by atoms with Gasteiger partial charge in [0.05, 0.1) is 0 Å². The van der Waals surface area contributed by atoms with E-state index in [2.05, 4.69) is 42.2 Å². The lowest BCUT2D eigenvalue weighted by Crippen LogP contribution is -2.52. The lowest BCUT2D eigenvalue weighted by Gasteiger charge is -2.43. The molecule has 1 aliphatic heterocycles. The summed E-state index contributed by atoms with van der Waals surface area (Å²) in [4.78, 5) is 2.79. The van der Waals surface area contributed by atoms with Crippen LogP contribution < -0.4 is 5.32 Å². The lowest BCUT2D eigenvalue weighted by molar-refractivity contribution is 0.0943. The van der Waals surface area contributed by atoms with Crippen LogP contribution in [-0.2, 0) is 0 Å². The van der Waals surface area contributed by atoms with Gasteiger partial charge in [-0.3, -0.25) is 4.90 Å². The number of hydrogen-bond acceptors (Lipinski definition) is 3. The van der Waals surface area contributed by atoms with Crippen molar-refractivity contribution in [3.05, 3.63) is 0 Å². The molecule has 2 rings (SSSR count). The summed E-state index contributed by atoms with van der Waals surface area (Å²) in [6, 6.07) is 2.38. The third-order valence-corrected chi connectivity index (χ3v) is 5.64. The molecule has 0 bridgehead atoms. The summed E-state index contributed by atoms with van der Waals surface area (Å²) in [6.07, 6.45) is 9.25. The Kier molecular flexibility index (Phi) is 4.57. The summed E-state index contributed by atoms with van der Waals surface area (Å²) in [6.45, 7) is 3.72. The highest BCUT2D eigenvalue weighted by Crippen LogP contribution is 2.35. The molecule has 3 heteroatoms. The molecule has 16 heavy (non-hydrogen) atoms. The van der Waals surface area contributed by atoms with Crippen molar-refractivity contribution < 1.29 is 0 Å².